The molecule has 10 heteroatoms. The fourth-order valence-electron chi connectivity index (χ4n) is 3.92. The van der Waals surface area contributed by atoms with Crippen molar-refractivity contribution in [3.8, 4) is 0 Å². The van der Waals surface area contributed by atoms with Crippen molar-refractivity contribution < 1.29 is 19.1 Å². The summed E-state index contributed by atoms with van der Waals surface area (Å²) in [7, 11) is 0. The minimum atomic E-state index is -0.668. The molecule has 2 aliphatic heterocycles. The monoisotopic (exact) mass is 505 g/mol. The number of fused-ring (bicyclic) bond motifs is 1. The van der Waals surface area contributed by atoms with Gasteiger partial charge in [0, 0.05) is 28.5 Å². The molecule has 1 saturated heterocycles. The van der Waals surface area contributed by atoms with Gasteiger partial charge in [-0.1, -0.05) is 23.7 Å². The van der Waals surface area contributed by atoms with Crippen LogP contribution in [-0.4, -0.2) is 47.2 Å². The van der Waals surface area contributed by atoms with Crippen molar-refractivity contribution in [2.24, 2.45) is 0 Å². The number of aromatic nitrogens is 1. The Kier molecular flexibility index (Phi) is 7.25. The van der Waals surface area contributed by atoms with E-state index in [-0.39, 0.29) is 24.1 Å². The first-order valence-corrected chi connectivity index (χ1v) is 12.5. The predicted molar refractivity (Wildman–Crippen MR) is 131 cm³/mol. The summed E-state index contributed by atoms with van der Waals surface area (Å²) in [6.45, 7) is 6.67. The zero-order valence-electron chi connectivity index (χ0n) is 19.4. The van der Waals surface area contributed by atoms with Crippen LogP contribution in [-0.2, 0) is 16.0 Å². The Morgan fingerprint density at radius 1 is 1.24 bits per heavy atom. The summed E-state index contributed by atoms with van der Waals surface area (Å²) in [6.07, 6.45) is 1.74. The topological polar surface area (TPSA) is 98.7 Å². The molecule has 3 heterocycles. The highest BCUT2D eigenvalue weighted by atomic mass is 35.5. The van der Waals surface area contributed by atoms with Gasteiger partial charge in [0.1, 0.15) is 5.60 Å². The van der Waals surface area contributed by atoms with Gasteiger partial charge in [-0.2, -0.15) is 0 Å². The number of carbonyl (C=O) groups is 2. The standard InChI is InChI=1S/C24H28ClN3O5S/c1-24(2,3)33-23(31)27-18-13-34-20-17(21(29)26-16-8-9-32-12-16)11-28(22(30)19(18)20)10-14-4-6-15(25)7-5-14/h4-7,11,16,18H,8-10,12-13H2,1-3H3,(H,26,29)(H,27,31)/t16-,18+/m1/s1. The van der Waals surface area contributed by atoms with Gasteiger partial charge in [-0.25, -0.2) is 4.79 Å². The largest absolute Gasteiger partial charge is 0.444 e. The highest BCUT2D eigenvalue weighted by Gasteiger charge is 2.34. The van der Waals surface area contributed by atoms with Gasteiger partial charge in [0.2, 0.25) is 0 Å². The van der Waals surface area contributed by atoms with Crippen molar-refractivity contribution in [3.63, 3.8) is 0 Å². The summed E-state index contributed by atoms with van der Waals surface area (Å²) in [5, 5.41) is 6.41. The van der Waals surface area contributed by atoms with Gasteiger partial charge in [-0.3, -0.25) is 9.59 Å². The number of nitrogens with one attached hydrogen (secondary N) is 2. The molecule has 8 nitrogen and oxygen atoms in total. The van der Waals surface area contributed by atoms with Crippen LogP contribution in [0.25, 0.3) is 0 Å². The quantitative estimate of drug-likeness (QED) is 0.642. The first-order valence-electron chi connectivity index (χ1n) is 11.1. The van der Waals surface area contributed by atoms with Crippen molar-refractivity contribution in [1.29, 1.82) is 0 Å². The molecule has 0 saturated carbocycles. The Morgan fingerprint density at radius 3 is 2.62 bits per heavy atom. The number of alkyl carbamates (subject to hydrolysis) is 1. The lowest BCUT2D eigenvalue weighted by atomic mass is 10.1. The average Bonchev–Trinajstić information content (AvgIpc) is 3.40. The highest BCUT2D eigenvalue weighted by Crippen LogP contribution is 2.39. The van der Waals surface area contributed by atoms with E-state index >= 15 is 0 Å². The number of thioether (sulfide) groups is 1. The molecule has 2 aromatic rings. The molecule has 1 fully saturated rings. The van der Waals surface area contributed by atoms with Crippen molar-refractivity contribution in [3.05, 3.63) is 62.5 Å². The first kappa shape index (κ1) is 24.6. The smallest absolute Gasteiger partial charge is 0.408 e. The molecule has 2 atom stereocenters. The third kappa shape index (κ3) is 5.76. The van der Waals surface area contributed by atoms with Crippen LogP contribution in [0, 0.1) is 0 Å². The number of benzene rings is 1. The predicted octanol–water partition coefficient (Wildman–Crippen LogP) is 3.74. The molecule has 2 amide bonds. The lowest BCUT2D eigenvalue weighted by Gasteiger charge is -2.22. The first-order chi connectivity index (χ1) is 16.1. The summed E-state index contributed by atoms with van der Waals surface area (Å²) < 4.78 is 12.3. The van der Waals surface area contributed by atoms with Crippen molar-refractivity contribution in [1.82, 2.24) is 15.2 Å². The van der Waals surface area contributed by atoms with Gasteiger partial charge < -0.3 is 24.7 Å². The van der Waals surface area contributed by atoms with Gasteiger partial charge in [-0.05, 0) is 44.9 Å². The van der Waals surface area contributed by atoms with E-state index in [0.29, 0.717) is 40.0 Å². The van der Waals surface area contributed by atoms with E-state index in [9.17, 15) is 14.4 Å². The summed E-state index contributed by atoms with van der Waals surface area (Å²) in [4.78, 5) is 39.7. The van der Waals surface area contributed by atoms with Crippen LogP contribution >= 0.6 is 23.4 Å². The van der Waals surface area contributed by atoms with Gasteiger partial charge in [0.15, 0.2) is 0 Å². The second-order valence-corrected chi connectivity index (χ2v) is 10.9. The molecule has 1 aromatic heterocycles. The molecule has 182 valence electrons. The minimum absolute atomic E-state index is 0.0677. The molecule has 4 rings (SSSR count). The second kappa shape index (κ2) is 10.0. The third-order valence-electron chi connectivity index (χ3n) is 5.47. The van der Waals surface area contributed by atoms with E-state index in [4.69, 9.17) is 21.1 Å². The Bertz CT molecular complexity index is 1140. The van der Waals surface area contributed by atoms with E-state index in [1.807, 2.05) is 12.1 Å². The van der Waals surface area contributed by atoms with E-state index < -0.39 is 17.7 Å². The zero-order valence-corrected chi connectivity index (χ0v) is 20.9. The molecule has 34 heavy (non-hydrogen) atoms. The molecule has 2 aliphatic rings. The van der Waals surface area contributed by atoms with Crippen LogP contribution in [0.5, 0.6) is 0 Å². The minimum Gasteiger partial charge on any atom is -0.444 e. The van der Waals surface area contributed by atoms with E-state index in [1.165, 1.54) is 16.3 Å². The van der Waals surface area contributed by atoms with Gasteiger partial charge in [-0.15, -0.1) is 11.8 Å². The normalized spacial score (nSPS) is 19.5. The molecule has 0 unspecified atom stereocenters. The number of carbonyl (C=O) groups excluding carboxylic acids is 2. The van der Waals surface area contributed by atoms with Crippen LogP contribution < -0.4 is 16.2 Å². The maximum Gasteiger partial charge on any atom is 0.408 e. The number of rotatable bonds is 5. The summed E-state index contributed by atoms with van der Waals surface area (Å²) in [5.74, 6) is 0.170. The average molecular weight is 506 g/mol. The van der Waals surface area contributed by atoms with Gasteiger partial charge >= 0.3 is 6.09 Å². The lowest BCUT2D eigenvalue weighted by Crippen LogP contribution is -2.39. The molecular weight excluding hydrogens is 478 g/mol. The SMILES string of the molecule is CC(C)(C)OC(=O)N[C@H]1CSc2c(C(=O)N[C@@H]3CCOC3)cn(Cc3ccc(Cl)cc3)c(=O)c21. The Balaban J connectivity index is 1.69. The van der Waals surface area contributed by atoms with Crippen molar-refractivity contribution >= 4 is 35.4 Å². The van der Waals surface area contributed by atoms with E-state index in [2.05, 4.69) is 10.6 Å². The molecule has 0 spiro atoms. The number of hydrogen-bond donors (Lipinski definition) is 2. The Hall–Kier alpha value is -2.49. The third-order valence-corrected chi connectivity index (χ3v) is 6.96. The van der Waals surface area contributed by atoms with E-state index in [0.717, 1.165) is 12.0 Å². The van der Waals surface area contributed by atoms with Crippen LogP contribution in [0.1, 0.15) is 54.7 Å². The van der Waals surface area contributed by atoms with Gasteiger partial charge in [0.25, 0.3) is 11.5 Å². The van der Waals surface area contributed by atoms with Crippen LogP contribution in [0.3, 0.4) is 0 Å². The molecule has 0 radical (unpaired) electrons. The van der Waals surface area contributed by atoms with Crippen LogP contribution in [0.4, 0.5) is 4.79 Å². The number of nitrogens with zero attached hydrogens (tertiary/aromatic N) is 1. The molecular formula is C24H28ClN3O5S. The number of hydrogen-bond acceptors (Lipinski definition) is 6. The van der Waals surface area contributed by atoms with Crippen molar-refractivity contribution in [2.75, 3.05) is 19.0 Å². The maximum atomic E-state index is 13.5. The highest BCUT2D eigenvalue weighted by molar-refractivity contribution is 7.99. The summed E-state index contributed by atoms with van der Waals surface area (Å²) >= 11 is 7.38. The Labute approximate surface area is 207 Å². The lowest BCUT2D eigenvalue weighted by molar-refractivity contribution is 0.0508. The molecule has 2 N–H and O–H groups in total. The molecule has 0 aliphatic carbocycles. The molecule has 0 bridgehead atoms. The fourth-order valence-corrected chi connectivity index (χ4v) is 5.32. The number of halogens is 1. The number of pyridine rings is 1. The van der Waals surface area contributed by atoms with E-state index in [1.54, 1.807) is 39.1 Å². The zero-order chi connectivity index (χ0) is 24.5. The van der Waals surface area contributed by atoms with Crippen LogP contribution in [0.2, 0.25) is 5.02 Å². The second-order valence-electron chi connectivity index (χ2n) is 9.39. The van der Waals surface area contributed by atoms with Crippen molar-refractivity contribution in [2.45, 2.75) is 56.3 Å². The maximum absolute atomic E-state index is 13.5. The molecule has 1 aromatic carbocycles. The summed E-state index contributed by atoms with van der Waals surface area (Å²) in [6, 6.07) is 6.55. The van der Waals surface area contributed by atoms with Crippen LogP contribution in [0.15, 0.2) is 40.2 Å². The Morgan fingerprint density at radius 2 is 1.97 bits per heavy atom. The number of amides is 2. The van der Waals surface area contributed by atoms with Gasteiger partial charge in [0.05, 0.1) is 36.4 Å². The fraction of sp³-hybridized carbons (Fsp3) is 0.458. The summed E-state index contributed by atoms with van der Waals surface area (Å²) in [5.41, 5.74) is 0.758. The number of ether oxygens (including phenoxy) is 2.